The molecule has 2 aromatic carbocycles. The molecule has 0 unspecified atom stereocenters. The fourth-order valence-corrected chi connectivity index (χ4v) is 3.63. The highest BCUT2D eigenvalue weighted by Gasteiger charge is 2.35. The fraction of sp³-hybridized carbons (Fsp3) is 0.208. The van der Waals surface area contributed by atoms with Crippen LogP contribution in [0.5, 0.6) is 11.5 Å². The predicted molar refractivity (Wildman–Crippen MR) is 125 cm³/mol. The molecule has 0 bridgehead atoms. The molecular formula is C24H24N2O4S. The number of rotatable bonds is 6. The van der Waals surface area contributed by atoms with Gasteiger partial charge in [0.15, 0.2) is 16.6 Å². The fourth-order valence-electron chi connectivity index (χ4n) is 3.35. The second-order valence-electron chi connectivity index (χ2n) is 7.20. The molecule has 0 aromatic heterocycles. The zero-order chi connectivity index (χ0) is 22.7. The molecule has 160 valence electrons. The number of benzene rings is 2. The molecule has 1 aliphatic heterocycles. The smallest absolute Gasteiger partial charge is 0.270 e. The molecule has 0 saturated carbocycles. The van der Waals surface area contributed by atoms with Crippen LogP contribution in [0.2, 0.25) is 0 Å². The minimum Gasteiger partial charge on any atom is -0.504 e. The maximum atomic E-state index is 13.3. The molecular weight excluding hydrogens is 412 g/mol. The van der Waals surface area contributed by atoms with Gasteiger partial charge in [-0.05, 0) is 80.4 Å². The largest absolute Gasteiger partial charge is 0.504 e. The van der Waals surface area contributed by atoms with Crippen molar-refractivity contribution in [3.05, 3.63) is 70.8 Å². The van der Waals surface area contributed by atoms with Gasteiger partial charge in [0.1, 0.15) is 5.57 Å². The second kappa shape index (κ2) is 9.14. The number of ether oxygens (including phenoxy) is 1. The van der Waals surface area contributed by atoms with Gasteiger partial charge in [0, 0.05) is 5.56 Å². The van der Waals surface area contributed by atoms with Crippen LogP contribution in [0.15, 0.2) is 48.6 Å². The Labute approximate surface area is 186 Å². The lowest BCUT2D eigenvalue weighted by Gasteiger charge is -2.30. The summed E-state index contributed by atoms with van der Waals surface area (Å²) in [5.41, 5.74) is 3.51. The number of amides is 2. The molecule has 0 radical (unpaired) electrons. The van der Waals surface area contributed by atoms with Crippen LogP contribution in [0, 0.1) is 13.8 Å². The second-order valence-corrected chi connectivity index (χ2v) is 7.59. The van der Waals surface area contributed by atoms with Crippen LogP contribution in [-0.4, -0.2) is 28.6 Å². The molecule has 0 aliphatic carbocycles. The van der Waals surface area contributed by atoms with Gasteiger partial charge in [-0.25, -0.2) is 0 Å². The lowest BCUT2D eigenvalue weighted by atomic mass is 10.0. The Morgan fingerprint density at radius 1 is 1.23 bits per heavy atom. The van der Waals surface area contributed by atoms with Gasteiger partial charge in [0.05, 0.1) is 12.3 Å². The van der Waals surface area contributed by atoms with Crippen molar-refractivity contribution in [2.45, 2.75) is 27.2 Å². The number of hydrogen-bond donors (Lipinski definition) is 2. The first kappa shape index (κ1) is 22.2. The molecule has 2 amide bonds. The number of hydrogen-bond acceptors (Lipinski definition) is 5. The van der Waals surface area contributed by atoms with Crippen molar-refractivity contribution in [3.63, 3.8) is 0 Å². The molecule has 1 aliphatic rings. The van der Waals surface area contributed by atoms with Crippen LogP contribution in [-0.2, 0) is 16.0 Å². The van der Waals surface area contributed by atoms with Crippen molar-refractivity contribution in [1.82, 2.24) is 5.32 Å². The highest BCUT2D eigenvalue weighted by atomic mass is 32.1. The van der Waals surface area contributed by atoms with Crippen LogP contribution in [0.3, 0.4) is 0 Å². The van der Waals surface area contributed by atoms with Crippen molar-refractivity contribution in [1.29, 1.82) is 0 Å². The molecule has 2 N–H and O–H groups in total. The first-order chi connectivity index (χ1) is 14.8. The summed E-state index contributed by atoms with van der Waals surface area (Å²) in [6.07, 6.45) is 3.54. The summed E-state index contributed by atoms with van der Waals surface area (Å²) in [6.45, 7) is 9.66. The molecule has 0 atom stereocenters. The van der Waals surface area contributed by atoms with Gasteiger partial charge >= 0.3 is 0 Å². The Morgan fingerprint density at radius 2 is 1.97 bits per heavy atom. The summed E-state index contributed by atoms with van der Waals surface area (Å²) < 4.78 is 5.51. The SMILES string of the molecule is C=CCc1cc(/C=C2\C(=O)NC(=S)N(c3cc(C)ccc3C)C2=O)cc(OCC)c1O. The van der Waals surface area contributed by atoms with E-state index in [1.807, 2.05) is 32.0 Å². The van der Waals surface area contributed by atoms with Gasteiger partial charge in [-0.2, -0.15) is 0 Å². The van der Waals surface area contributed by atoms with Crippen molar-refractivity contribution in [3.8, 4) is 11.5 Å². The summed E-state index contributed by atoms with van der Waals surface area (Å²) in [7, 11) is 0. The number of aromatic hydroxyl groups is 1. The molecule has 1 heterocycles. The molecule has 1 saturated heterocycles. The van der Waals surface area contributed by atoms with Crippen molar-refractivity contribution in [2.75, 3.05) is 11.5 Å². The van der Waals surface area contributed by atoms with Crippen molar-refractivity contribution < 1.29 is 19.4 Å². The topological polar surface area (TPSA) is 78.9 Å². The minimum absolute atomic E-state index is 0.0153. The standard InChI is InChI=1S/C24H24N2O4S/c1-5-7-17-11-16(13-20(21(17)27)30-6-2)12-18-22(28)25-24(31)26(23(18)29)19-10-14(3)8-9-15(19)4/h5,8-13,27H,1,6-7H2,2-4H3,(H,25,28,31)/b18-12+. The van der Waals surface area contributed by atoms with Crippen LogP contribution >= 0.6 is 12.2 Å². The molecule has 6 nitrogen and oxygen atoms in total. The van der Waals surface area contributed by atoms with E-state index in [0.717, 1.165) is 11.1 Å². The Hall–Kier alpha value is -3.45. The lowest BCUT2D eigenvalue weighted by molar-refractivity contribution is -0.122. The zero-order valence-corrected chi connectivity index (χ0v) is 18.5. The Morgan fingerprint density at radius 3 is 2.65 bits per heavy atom. The molecule has 3 rings (SSSR count). The number of carbonyl (C=O) groups is 2. The lowest BCUT2D eigenvalue weighted by Crippen LogP contribution is -2.54. The van der Waals surface area contributed by atoms with Crippen molar-refractivity contribution >= 4 is 40.9 Å². The highest BCUT2D eigenvalue weighted by molar-refractivity contribution is 7.80. The van der Waals surface area contributed by atoms with E-state index >= 15 is 0 Å². The van der Waals surface area contributed by atoms with E-state index in [4.69, 9.17) is 17.0 Å². The molecule has 31 heavy (non-hydrogen) atoms. The summed E-state index contributed by atoms with van der Waals surface area (Å²) in [6, 6.07) is 8.98. The number of nitrogens with one attached hydrogen (secondary N) is 1. The number of phenols is 1. The quantitative estimate of drug-likeness (QED) is 0.310. The maximum Gasteiger partial charge on any atom is 0.270 e. The van der Waals surface area contributed by atoms with Gasteiger partial charge in [-0.1, -0.05) is 18.2 Å². The van der Waals surface area contributed by atoms with E-state index in [0.29, 0.717) is 29.8 Å². The van der Waals surface area contributed by atoms with Gasteiger partial charge in [-0.3, -0.25) is 19.8 Å². The summed E-state index contributed by atoms with van der Waals surface area (Å²) in [5, 5.41) is 13.0. The molecule has 2 aromatic rings. The number of aryl methyl sites for hydroxylation is 2. The van der Waals surface area contributed by atoms with E-state index in [9.17, 15) is 14.7 Å². The third kappa shape index (κ3) is 4.51. The number of thiocarbonyl (C=S) groups is 1. The van der Waals surface area contributed by atoms with Crippen molar-refractivity contribution in [2.24, 2.45) is 0 Å². The summed E-state index contributed by atoms with van der Waals surface area (Å²) in [5.74, 6) is -0.799. The number of carbonyl (C=O) groups excluding carboxylic acids is 2. The average Bonchev–Trinajstić information content (AvgIpc) is 2.71. The predicted octanol–water partition coefficient (Wildman–Crippen LogP) is 3.97. The summed E-state index contributed by atoms with van der Waals surface area (Å²) in [4.78, 5) is 27.3. The average molecular weight is 437 g/mol. The Kier molecular flexibility index (Phi) is 6.56. The number of phenolic OH excluding ortho intramolecular Hbond substituents is 1. The van der Waals surface area contributed by atoms with E-state index in [2.05, 4.69) is 11.9 Å². The number of nitrogens with zero attached hydrogens (tertiary/aromatic N) is 1. The van der Waals surface area contributed by atoms with Gasteiger partial charge < -0.3 is 9.84 Å². The van der Waals surface area contributed by atoms with Crippen LogP contribution in [0.1, 0.15) is 29.2 Å². The maximum absolute atomic E-state index is 13.3. The minimum atomic E-state index is -0.576. The van der Waals surface area contributed by atoms with Gasteiger partial charge in [-0.15, -0.1) is 6.58 Å². The first-order valence-corrected chi connectivity index (χ1v) is 10.3. The monoisotopic (exact) mass is 436 g/mol. The van der Waals surface area contributed by atoms with E-state index in [-0.39, 0.29) is 22.2 Å². The molecule has 7 heteroatoms. The van der Waals surface area contributed by atoms with Gasteiger partial charge in [0.25, 0.3) is 11.8 Å². The van der Waals surface area contributed by atoms with Crippen LogP contribution in [0.25, 0.3) is 6.08 Å². The molecule has 0 spiro atoms. The summed E-state index contributed by atoms with van der Waals surface area (Å²) >= 11 is 5.29. The van der Waals surface area contributed by atoms with Gasteiger partial charge in [0.2, 0.25) is 0 Å². The van der Waals surface area contributed by atoms with E-state index < -0.39 is 11.8 Å². The van der Waals surface area contributed by atoms with Crippen LogP contribution < -0.4 is 15.0 Å². The number of allylic oxidation sites excluding steroid dienone is 1. The Bertz CT molecular complexity index is 1120. The normalized spacial score (nSPS) is 15.3. The molecule has 1 fully saturated rings. The van der Waals surface area contributed by atoms with Crippen LogP contribution in [0.4, 0.5) is 5.69 Å². The Balaban J connectivity index is 2.10. The first-order valence-electron chi connectivity index (χ1n) is 9.85. The van der Waals surface area contributed by atoms with E-state index in [1.165, 1.54) is 11.0 Å². The number of anilines is 1. The third-order valence-corrected chi connectivity index (χ3v) is 5.14. The van der Waals surface area contributed by atoms with E-state index in [1.54, 1.807) is 25.1 Å². The third-order valence-electron chi connectivity index (χ3n) is 4.86. The zero-order valence-electron chi connectivity index (χ0n) is 17.7. The highest BCUT2D eigenvalue weighted by Crippen LogP contribution is 2.34.